The summed E-state index contributed by atoms with van der Waals surface area (Å²) >= 11 is 9.44. The van der Waals surface area contributed by atoms with Crippen LogP contribution in [0.2, 0.25) is 5.02 Å². The Labute approximate surface area is 193 Å². The molecule has 2 heterocycles. The Morgan fingerprint density at radius 1 is 0.839 bits per heavy atom. The van der Waals surface area contributed by atoms with Gasteiger partial charge >= 0.3 is 0 Å². The summed E-state index contributed by atoms with van der Waals surface area (Å²) < 4.78 is 0.873. The van der Waals surface area contributed by atoms with Crippen LogP contribution in [0.4, 0.5) is 11.4 Å². The normalized spacial score (nSPS) is 22.9. The van der Waals surface area contributed by atoms with E-state index in [2.05, 4.69) is 15.9 Å². The molecular weight excluding hydrogens is 480 g/mol. The van der Waals surface area contributed by atoms with Crippen molar-refractivity contribution in [2.24, 2.45) is 5.92 Å². The molecule has 0 aromatic heterocycles. The van der Waals surface area contributed by atoms with E-state index in [4.69, 9.17) is 16.4 Å². The first kappa shape index (κ1) is 20.2. The van der Waals surface area contributed by atoms with E-state index >= 15 is 0 Å². The minimum absolute atomic E-state index is 0.264. The molecule has 0 aliphatic carbocycles. The van der Waals surface area contributed by atoms with E-state index in [0.717, 1.165) is 21.3 Å². The van der Waals surface area contributed by atoms with Crippen molar-refractivity contribution in [2.75, 3.05) is 9.96 Å². The maximum absolute atomic E-state index is 13.5. The number of benzene rings is 3. The molecule has 0 bridgehead atoms. The number of imide groups is 1. The molecule has 0 unspecified atom stereocenters. The van der Waals surface area contributed by atoms with Gasteiger partial charge in [-0.25, -0.2) is 9.96 Å². The van der Waals surface area contributed by atoms with Crippen LogP contribution in [0.1, 0.15) is 17.2 Å². The number of anilines is 2. The monoisotopic (exact) mass is 496 g/mol. The van der Waals surface area contributed by atoms with E-state index in [9.17, 15) is 9.59 Å². The third-order valence-corrected chi connectivity index (χ3v) is 6.48. The van der Waals surface area contributed by atoms with Crippen molar-refractivity contribution in [3.05, 3.63) is 93.4 Å². The molecule has 0 N–H and O–H groups in total. The number of fused-ring (bicyclic) bond motifs is 1. The Bertz CT molecular complexity index is 1150. The molecular formula is C24H18BrClN2O3. The zero-order chi connectivity index (χ0) is 21.7. The molecule has 31 heavy (non-hydrogen) atoms. The van der Waals surface area contributed by atoms with Gasteiger partial charge in [-0.1, -0.05) is 57.4 Å². The predicted molar refractivity (Wildman–Crippen MR) is 123 cm³/mol. The Balaban J connectivity index is 1.57. The van der Waals surface area contributed by atoms with Crippen LogP contribution in [-0.4, -0.2) is 17.9 Å². The fourth-order valence-electron chi connectivity index (χ4n) is 4.17. The van der Waals surface area contributed by atoms with E-state index in [1.807, 2.05) is 55.5 Å². The van der Waals surface area contributed by atoms with E-state index < -0.39 is 18.1 Å². The lowest BCUT2D eigenvalue weighted by Crippen LogP contribution is -2.37. The highest BCUT2D eigenvalue weighted by molar-refractivity contribution is 9.10. The van der Waals surface area contributed by atoms with Crippen LogP contribution in [0, 0.1) is 12.8 Å². The lowest BCUT2D eigenvalue weighted by atomic mass is 9.90. The summed E-state index contributed by atoms with van der Waals surface area (Å²) in [5.74, 6) is -1.28. The molecule has 5 nitrogen and oxygen atoms in total. The number of aryl methyl sites for hydroxylation is 1. The fourth-order valence-corrected chi connectivity index (χ4v) is 4.56. The van der Waals surface area contributed by atoms with Crippen molar-refractivity contribution < 1.29 is 14.4 Å². The molecule has 0 saturated carbocycles. The molecule has 0 spiro atoms. The van der Waals surface area contributed by atoms with Crippen LogP contribution < -0.4 is 9.96 Å². The highest BCUT2D eigenvalue weighted by Crippen LogP contribution is 2.47. The lowest BCUT2D eigenvalue weighted by Gasteiger charge is -2.29. The minimum atomic E-state index is -0.891. The standard InChI is InChI=1S/C24H18BrClN2O3/c1-14-2-4-15(5-3-14)21-20-22(31-28(21)19-12-8-17(26)9-13-19)24(30)27(23(20)29)18-10-6-16(25)7-11-18/h2-13,20-22H,1H3/t20-,21-,22+/m0/s1. The van der Waals surface area contributed by atoms with Crippen molar-refractivity contribution in [2.45, 2.75) is 19.1 Å². The largest absolute Gasteiger partial charge is 0.273 e. The summed E-state index contributed by atoms with van der Waals surface area (Å²) in [6.45, 7) is 2.01. The summed E-state index contributed by atoms with van der Waals surface area (Å²) in [6, 6.07) is 21.8. The van der Waals surface area contributed by atoms with Gasteiger partial charge in [-0.05, 0) is 61.0 Å². The maximum Gasteiger partial charge on any atom is 0.266 e. The van der Waals surface area contributed by atoms with Crippen LogP contribution in [0.5, 0.6) is 0 Å². The number of halogens is 2. The highest BCUT2D eigenvalue weighted by atomic mass is 79.9. The average molecular weight is 498 g/mol. The predicted octanol–water partition coefficient (Wildman–Crippen LogP) is 5.46. The topological polar surface area (TPSA) is 49.9 Å². The number of hydroxylamine groups is 1. The van der Waals surface area contributed by atoms with Gasteiger partial charge in [0.1, 0.15) is 5.92 Å². The summed E-state index contributed by atoms with van der Waals surface area (Å²) in [6.07, 6.45) is -0.891. The van der Waals surface area contributed by atoms with Gasteiger partial charge in [-0.3, -0.25) is 14.4 Å². The zero-order valence-electron chi connectivity index (χ0n) is 16.5. The third kappa shape index (κ3) is 3.45. The molecule has 3 atom stereocenters. The van der Waals surface area contributed by atoms with Gasteiger partial charge in [0.05, 0.1) is 17.4 Å². The Hall–Kier alpha value is -2.67. The molecule has 2 aliphatic heterocycles. The second-order valence-corrected chi connectivity index (χ2v) is 9.05. The van der Waals surface area contributed by atoms with Crippen molar-refractivity contribution in [3.8, 4) is 0 Å². The molecule has 2 amide bonds. The zero-order valence-corrected chi connectivity index (χ0v) is 18.9. The van der Waals surface area contributed by atoms with Crippen LogP contribution >= 0.6 is 27.5 Å². The first-order chi connectivity index (χ1) is 14.9. The number of nitrogens with zero attached hydrogens (tertiary/aromatic N) is 2. The molecule has 156 valence electrons. The van der Waals surface area contributed by atoms with E-state index in [-0.39, 0.29) is 11.8 Å². The molecule has 3 aromatic rings. The second kappa shape index (κ2) is 7.79. The molecule has 5 rings (SSSR count). The fraction of sp³-hybridized carbons (Fsp3) is 0.167. The number of hydrogen-bond donors (Lipinski definition) is 0. The van der Waals surface area contributed by atoms with E-state index in [1.165, 1.54) is 4.90 Å². The van der Waals surface area contributed by atoms with Crippen LogP contribution in [0.15, 0.2) is 77.3 Å². The molecule has 0 radical (unpaired) electrons. The van der Waals surface area contributed by atoms with E-state index in [0.29, 0.717) is 10.7 Å². The average Bonchev–Trinajstić information content (AvgIpc) is 3.26. The van der Waals surface area contributed by atoms with Crippen LogP contribution in [0.25, 0.3) is 0 Å². The first-order valence-electron chi connectivity index (χ1n) is 9.85. The van der Waals surface area contributed by atoms with Gasteiger partial charge in [0.15, 0.2) is 6.10 Å². The Morgan fingerprint density at radius 2 is 1.45 bits per heavy atom. The Morgan fingerprint density at radius 3 is 2.10 bits per heavy atom. The molecule has 2 saturated heterocycles. The molecule has 2 aliphatic rings. The van der Waals surface area contributed by atoms with Crippen LogP contribution in [-0.2, 0) is 14.4 Å². The number of carbonyl (C=O) groups is 2. The van der Waals surface area contributed by atoms with Gasteiger partial charge in [0.2, 0.25) is 5.91 Å². The van der Waals surface area contributed by atoms with Crippen molar-refractivity contribution in [1.29, 1.82) is 0 Å². The number of carbonyl (C=O) groups excluding carboxylic acids is 2. The summed E-state index contributed by atoms with van der Waals surface area (Å²) in [7, 11) is 0. The van der Waals surface area contributed by atoms with Crippen molar-refractivity contribution in [1.82, 2.24) is 0 Å². The quantitative estimate of drug-likeness (QED) is 0.451. The summed E-state index contributed by atoms with van der Waals surface area (Å²) in [4.78, 5) is 34.2. The SMILES string of the molecule is Cc1ccc([C@H]2[C@@H]3C(=O)N(c4ccc(Br)cc4)C(=O)[C@@H]3ON2c2ccc(Cl)cc2)cc1. The smallest absolute Gasteiger partial charge is 0.266 e. The second-order valence-electron chi connectivity index (χ2n) is 7.70. The maximum atomic E-state index is 13.5. The lowest BCUT2D eigenvalue weighted by molar-refractivity contribution is -0.126. The molecule has 3 aromatic carbocycles. The van der Waals surface area contributed by atoms with Gasteiger partial charge in [0, 0.05) is 9.50 Å². The minimum Gasteiger partial charge on any atom is -0.273 e. The van der Waals surface area contributed by atoms with Gasteiger partial charge in [-0.15, -0.1) is 0 Å². The summed E-state index contributed by atoms with van der Waals surface area (Å²) in [5.41, 5.74) is 3.30. The Kier molecular flexibility index (Phi) is 5.08. The van der Waals surface area contributed by atoms with Gasteiger partial charge < -0.3 is 0 Å². The van der Waals surface area contributed by atoms with E-state index in [1.54, 1.807) is 29.3 Å². The number of amides is 2. The van der Waals surface area contributed by atoms with Gasteiger partial charge in [-0.2, -0.15) is 0 Å². The number of rotatable bonds is 3. The molecule has 2 fully saturated rings. The first-order valence-corrected chi connectivity index (χ1v) is 11.0. The van der Waals surface area contributed by atoms with Gasteiger partial charge in [0.25, 0.3) is 5.91 Å². The van der Waals surface area contributed by atoms with Crippen molar-refractivity contribution in [3.63, 3.8) is 0 Å². The molecule has 7 heteroatoms. The highest BCUT2D eigenvalue weighted by Gasteiger charge is 2.60. The van der Waals surface area contributed by atoms with Crippen LogP contribution in [0.3, 0.4) is 0 Å². The summed E-state index contributed by atoms with van der Waals surface area (Å²) in [5, 5.41) is 2.27. The third-order valence-electron chi connectivity index (χ3n) is 5.70. The number of hydrogen-bond acceptors (Lipinski definition) is 4. The van der Waals surface area contributed by atoms with Crippen molar-refractivity contribution >= 4 is 50.7 Å².